The molecule has 3 heterocycles. The molecule has 24 heavy (non-hydrogen) atoms. The lowest BCUT2D eigenvalue weighted by molar-refractivity contribution is 0.414. The minimum atomic E-state index is 0.415. The van der Waals surface area contributed by atoms with E-state index in [-0.39, 0.29) is 0 Å². The molecule has 1 N–H and O–H groups in total. The topological polar surface area (TPSA) is 57.2 Å². The molecule has 0 bridgehead atoms. The smallest absolute Gasteiger partial charge is 0.227 e. The quantitative estimate of drug-likeness (QED) is 0.931. The average Bonchev–Trinajstić information content (AvgIpc) is 3.15. The Kier molecular flexibility index (Phi) is 3.79. The number of hydrogen-bond donors (Lipinski definition) is 1. The number of fused-ring (bicyclic) bond motifs is 2. The maximum atomic E-state index is 4.88. The summed E-state index contributed by atoms with van der Waals surface area (Å²) in [4.78, 5) is 18.9. The Morgan fingerprint density at radius 1 is 1.17 bits per heavy atom. The van der Waals surface area contributed by atoms with Crippen LogP contribution in [0.3, 0.4) is 0 Å². The first-order valence-corrected chi connectivity index (χ1v) is 8.85. The van der Waals surface area contributed by atoms with Crippen molar-refractivity contribution in [2.24, 2.45) is 0 Å². The molecule has 0 saturated carbocycles. The van der Waals surface area contributed by atoms with Gasteiger partial charge in [0.05, 0.1) is 5.39 Å². The highest BCUT2D eigenvalue weighted by molar-refractivity contribution is 5.92. The van der Waals surface area contributed by atoms with Gasteiger partial charge in [-0.25, -0.2) is 4.98 Å². The van der Waals surface area contributed by atoms with Gasteiger partial charge in [0.1, 0.15) is 5.82 Å². The molecule has 128 valence electrons. The van der Waals surface area contributed by atoms with E-state index in [9.17, 15) is 0 Å². The fourth-order valence-electron chi connectivity index (χ4n) is 4.01. The summed E-state index contributed by atoms with van der Waals surface area (Å²) in [5.41, 5.74) is 4.78. The van der Waals surface area contributed by atoms with Gasteiger partial charge < -0.3 is 15.1 Å². The number of likely N-dealkylation sites (tertiary alicyclic amines) is 1. The van der Waals surface area contributed by atoms with Crippen molar-refractivity contribution in [3.8, 4) is 0 Å². The number of aromatic nitrogens is 3. The largest absolute Gasteiger partial charge is 0.362 e. The van der Waals surface area contributed by atoms with Gasteiger partial charge in [-0.1, -0.05) is 0 Å². The van der Waals surface area contributed by atoms with Crippen LogP contribution in [0.4, 0.5) is 11.8 Å². The van der Waals surface area contributed by atoms with Crippen LogP contribution in [0.15, 0.2) is 0 Å². The lowest BCUT2D eigenvalue weighted by atomic mass is 10.0. The summed E-state index contributed by atoms with van der Waals surface area (Å²) < 4.78 is 0. The second-order valence-corrected chi connectivity index (χ2v) is 7.37. The van der Waals surface area contributed by atoms with Crippen LogP contribution < -0.4 is 10.2 Å². The molecule has 2 aliphatic rings. The predicted octanol–water partition coefficient (Wildman–Crippen LogP) is 2.00. The van der Waals surface area contributed by atoms with Crippen LogP contribution in [-0.2, 0) is 12.8 Å². The van der Waals surface area contributed by atoms with Gasteiger partial charge in [-0.3, -0.25) is 0 Å². The standard InChI is InChI=1S/C18H26N6/c1-11-13-6-5-7-14(13)20-16-15(11)17(23(2)3)22-18(21-16)19-12-8-9-24(4)10-12/h12H,5-10H2,1-4H3,(H,19,20,21,22). The Morgan fingerprint density at radius 2 is 2.00 bits per heavy atom. The average molecular weight is 326 g/mol. The summed E-state index contributed by atoms with van der Waals surface area (Å²) in [7, 11) is 6.24. The Bertz CT molecular complexity index is 785. The first kappa shape index (κ1) is 15.6. The molecule has 4 rings (SSSR count). The molecular weight excluding hydrogens is 300 g/mol. The zero-order valence-electron chi connectivity index (χ0n) is 15.1. The lowest BCUT2D eigenvalue weighted by Crippen LogP contribution is -2.25. The number of nitrogens with zero attached hydrogens (tertiary/aromatic N) is 5. The van der Waals surface area contributed by atoms with Crippen molar-refractivity contribution in [1.82, 2.24) is 19.9 Å². The van der Waals surface area contributed by atoms with E-state index in [1.807, 2.05) is 14.1 Å². The van der Waals surface area contributed by atoms with E-state index >= 15 is 0 Å². The number of likely N-dealkylation sites (N-methyl/N-ethyl adjacent to an activating group) is 1. The minimum Gasteiger partial charge on any atom is -0.362 e. The van der Waals surface area contributed by atoms with E-state index in [0.717, 1.165) is 49.2 Å². The lowest BCUT2D eigenvalue weighted by Gasteiger charge is -2.20. The summed E-state index contributed by atoms with van der Waals surface area (Å²) in [6.45, 7) is 4.36. The second kappa shape index (κ2) is 5.84. The molecule has 1 fully saturated rings. The van der Waals surface area contributed by atoms with Gasteiger partial charge in [0.15, 0.2) is 5.65 Å². The summed E-state index contributed by atoms with van der Waals surface area (Å²) in [5.74, 6) is 1.67. The highest BCUT2D eigenvalue weighted by Gasteiger charge is 2.24. The Balaban J connectivity index is 1.81. The molecule has 1 atom stereocenters. The van der Waals surface area contributed by atoms with Crippen LogP contribution in [-0.4, -0.2) is 60.1 Å². The SMILES string of the molecule is Cc1c2c(nc3nc(NC4CCN(C)C4)nc(N(C)C)c13)CCC2. The van der Waals surface area contributed by atoms with Crippen LogP contribution in [0.25, 0.3) is 11.0 Å². The molecule has 6 heteroatoms. The molecule has 2 aromatic heterocycles. The van der Waals surface area contributed by atoms with E-state index in [2.05, 4.69) is 29.1 Å². The summed E-state index contributed by atoms with van der Waals surface area (Å²) >= 11 is 0. The molecule has 0 aromatic carbocycles. The third-order valence-corrected chi connectivity index (χ3v) is 5.28. The number of hydrogen-bond acceptors (Lipinski definition) is 6. The number of rotatable bonds is 3. The Labute approximate surface area is 143 Å². The molecular formula is C18H26N6. The summed E-state index contributed by atoms with van der Waals surface area (Å²) in [6, 6.07) is 0.415. The third kappa shape index (κ3) is 2.59. The number of pyridine rings is 1. The van der Waals surface area contributed by atoms with E-state index < -0.39 is 0 Å². The first-order chi connectivity index (χ1) is 11.5. The summed E-state index contributed by atoms with van der Waals surface area (Å²) in [6.07, 6.45) is 4.53. The van der Waals surface area contributed by atoms with Gasteiger partial charge in [0, 0.05) is 32.4 Å². The molecule has 2 aromatic rings. The summed E-state index contributed by atoms with van der Waals surface area (Å²) in [5, 5.41) is 4.62. The molecule has 1 aliphatic carbocycles. The molecule has 0 amide bonds. The highest BCUT2D eigenvalue weighted by atomic mass is 15.2. The van der Waals surface area contributed by atoms with E-state index in [1.165, 1.54) is 23.2 Å². The Morgan fingerprint density at radius 3 is 2.71 bits per heavy atom. The van der Waals surface area contributed by atoms with Gasteiger partial charge in [0.25, 0.3) is 0 Å². The van der Waals surface area contributed by atoms with Crippen LogP contribution in [0.1, 0.15) is 29.7 Å². The zero-order valence-corrected chi connectivity index (χ0v) is 15.1. The van der Waals surface area contributed by atoms with Gasteiger partial charge >= 0.3 is 0 Å². The fourth-order valence-corrected chi connectivity index (χ4v) is 4.01. The van der Waals surface area contributed by atoms with Gasteiger partial charge in [-0.2, -0.15) is 9.97 Å². The van der Waals surface area contributed by atoms with Gasteiger partial charge in [-0.15, -0.1) is 0 Å². The van der Waals surface area contributed by atoms with Gasteiger partial charge in [0.2, 0.25) is 5.95 Å². The van der Waals surface area contributed by atoms with Crippen molar-refractivity contribution in [2.75, 3.05) is 44.4 Å². The first-order valence-electron chi connectivity index (χ1n) is 8.85. The van der Waals surface area contributed by atoms with Crippen LogP contribution in [0.5, 0.6) is 0 Å². The van der Waals surface area contributed by atoms with Crippen molar-refractivity contribution in [2.45, 2.75) is 38.6 Å². The Hall–Kier alpha value is -1.95. The fraction of sp³-hybridized carbons (Fsp3) is 0.611. The number of aryl methyl sites for hydroxylation is 2. The van der Waals surface area contributed by atoms with E-state index in [0.29, 0.717) is 12.0 Å². The van der Waals surface area contributed by atoms with Crippen molar-refractivity contribution < 1.29 is 0 Å². The van der Waals surface area contributed by atoms with E-state index in [4.69, 9.17) is 15.0 Å². The monoisotopic (exact) mass is 326 g/mol. The number of anilines is 2. The highest BCUT2D eigenvalue weighted by Crippen LogP contribution is 2.33. The normalized spacial score (nSPS) is 20.6. The molecule has 0 radical (unpaired) electrons. The third-order valence-electron chi connectivity index (χ3n) is 5.28. The van der Waals surface area contributed by atoms with Crippen LogP contribution >= 0.6 is 0 Å². The molecule has 0 spiro atoms. The minimum absolute atomic E-state index is 0.415. The van der Waals surface area contributed by atoms with Crippen molar-refractivity contribution in [1.29, 1.82) is 0 Å². The molecule has 1 saturated heterocycles. The molecule has 6 nitrogen and oxygen atoms in total. The van der Waals surface area contributed by atoms with E-state index in [1.54, 1.807) is 0 Å². The van der Waals surface area contributed by atoms with Crippen molar-refractivity contribution in [3.63, 3.8) is 0 Å². The van der Waals surface area contributed by atoms with Gasteiger partial charge in [-0.05, 0) is 57.3 Å². The van der Waals surface area contributed by atoms with Crippen molar-refractivity contribution in [3.05, 3.63) is 16.8 Å². The van der Waals surface area contributed by atoms with Crippen molar-refractivity contribution >= 4 is 22.8 Å². The second-order valence-electron chi connectivity index (χ2n) is 7.37. The maximum Gasteiger partial charge on any atom is 0.227 e. The van der Waals surface area contributed by atoms with Crippen LogP contribution in [0.2, 0.25) is 0 Å². The predicted molar refractivity (Wildman–Crippen MR) is 97.9 cm³/mol. The van der Waals surface area contributed by atoms with Crippen LogP contribution in [0, 0.1) is 6.92 Å². The molecule has 1 aliphatic heterocycles. The molecule has 1 unspecified atom stereocenters. The maximum absolute atomic E-state index is 4.88. The number of nitrogens with one attached hydrogen (secondary N) is 1. The zero-order chi connectivity index (χ0) is 16.8.